The molecule has 2 aliphatic heterocycles. The van der Waals surface area contributed by atoms with Gasteiger partial charge in [0, 0.05) is 44.2 Å². The number of thioether (sulfide) groups is 1. The van der Waals surface area contributed by atoms with Gasteiger partial charge in [0.05, 0.1) is 11.7 Å². The van der Waals surface area contributed by atoms with Crippen molar-refractivity contribution in [3.63, 3.8) is 0 Å². The summed E-state index contributed by atoms with van der Waals surface area (Å²) in [5, 5.41) is 3.62. The summed E-state index contributed by atoms with van der Waals surface area (Å²) in [4.78, 5) is 2.58. The molecule has 2 heterocycles. The van der Waals surface area contributed by atoms with E-state index in [0.29, 0.717) is 6.10 Å². The molecule has 0 bridgehead atoms. The smallest absolute Gasteiger partial charge is 0.0708 e. The van der Waals surface area contributed by atoms with E-state index < -0.39 is 0 Å². The summed E-state index contributed by atoms with van der Waals surface area (Å²) in [6.45, 7) is 5.94. The zero-order chi connectivity index (χ0) is 13.7. The Balaban J connectivity index is 1.29. The Morgan fingerprint density at radius 2 is 1.90 bits per heavy atom. The van der Waals surface area contributed by atoms with Gasteiger partial charge in [-0.2, -0.15) is 11.8 Å². The summed E-state index contributed by atoms with van der Waals surface area (Å²) in [6, 6.07) is 0. The third kappa shape index (κ3) is 4.12. The molecule has 0 radical (unpaired) electrons. The van der Waals surface area contributed by atoms with Gasteiger partial charge in [0.2, 0.25) is 0 Å². The van der Waals surface area contributed by atoms with E-state index in [1.54, 1.807) is 0 Å². The number of hydrogen-bond donors (Lipinski definition) is 1. The Kier molecular flexibility index (Phi) is 5.66. The van der Waals surface area contributed by atoms with Crippen LogP contribution < -0.4 is 5.32 Å². The molecule has 1 N–H and O–H groups in total. The van der Waals surface area contributed by atoms with Gasteiger partial charge < -0.3 is 15.0 Å². The maximum absolute atomic E-state index is 6.40. The molecule has 3 nitrogen and oxygen atoms in total. The van der Waals surface area contributed by atoms with E-state index >= 15 is 0 Å². The van der Waals surface area contributed by atoms with Gasteiger partial charge in [-0.1, -0.05) is 19.3 Å². The lowest BCUT2D eigenvalue weighted by Gasteiger charge is -2.33. The second-order valence-corrected chi connectivity index (χ2v) is 7.91. The van der Waals surface area contributed by atoms with Crippen LogP contribution in [0.1, 0.15) is 44.9 Å². The first-order valence-corrected chi connectivity index (χ1v) is 9.70. The van der Waals surface area contributed by atoms with Crippen LogP contribution in [0, 0.1) is 0 Å². The molecule has 20 heavy (non-hydrogen) atoms. The van der Waals surface area contributed by atoms with Crippen LogP contribution in [0.5, 0.6) is 0 Å². The lowest BCUT2D eigenvalue weighted by atomic mass is 9.83. The maximum Gasteiger partial charge on any atom is 0.0708 e. The van der Waals surface area contributed by atoms with Crippen molar-refractivity contribution in [1.29, 1.82) is 0 Å². The van der Waals surface area contributed by atoms with Gasteiger partial charge in [0.1, 0.15) is 0 Å². The van der Waals surface area contributed by atoms with Crippen molar-refractivity contribution in [1.82, 2.24) is 10.2 Å². The summed E-state index contributed by atoms with van der Waals surface area (Å²) in [5.74, 6) is 2.63. The zero-order valence-corrected chi connectivity index (χ0v) is 13.6. The molecule has 3 aliphatic rings. The topological polar surface area (TPSA) is 24.5 Å². The molecule has 2 saturated heterocycles. The molecule has 0 aromatic carbocycles. The van der Waals surface area contributed by atoms with Gasteiger partial charge in [-0.3, -0.25) is 0 Å². The quantitative estimate of drug-likeness (QED) is 0.788. The Labute approximate surface area is 128 Å². The number of nitrogens with one attached hydrogen (secondary N) is 1. The lowest BCUT2D eigenvalue weighted by Crippen LogP contribution is -2.40. The highest BCUT2D eigenvalue weighted by molar-refractivity contribution is 7.99. The first kappa shape index (κ1) is 15.1. The Bertz CT molecular complexity index is 288. The average Bonchev–Trinajstić information content (AvgIpc) is 2.88. The standard InChI is InChI=1S/C16H30N2OS/c1-2-5-16(6-3-1)7-4-15(19-16)14-17-8-9-18-10-12-20-13-11-18/h15,17H,1-14H2. The highest BCUT2D eigenvalue weighted by Gasteiger charge is 2.40. The maximum atomic E-state index is 6.40. The van der Waals surface area contributed by atoms with E-state index in [1.807, 2.05) is 0 Å². The molecule has 4 heteroatoms. The normalized spacial score (nSPS) is 30.9. The second-order valence-electron chi connectivity index (χ2n) is 6.68. The molecule has 1 unspecified atom stereocenters. The first-order valence-electron chi connectivity index (χ1n) is 8.55. The van der Waals surface area contributed by atoms with E-state index in [4.69, 9.17) is 4.74 Å². The van der Waals surface area contributed by atoms with Crippen LogP contribution in [0.15, 0.2) is 0 Å². The van der Waals surface area contributed by atoms with Crippen LogP contribution >= 0.6 is 11.8 Å². The largest absolute Gasteiger partial charge is 0.370 e. The number of hydrogen-bond acceptors (Lipinski definition) is 4. The Morgan fingerprint density at radius 1 is 1.10 bits per heavy atom. The summed E-state index contributed by atoms with van der Waals surface area (Å²) >= 11 is 2.09. The van der Waals surface area contributed by atoms with Crippen molar-refractivity contribution in [2.24, 2.45) is 0 Å². The van der Waals surface area contributed by atoms with Crippen LogP contribution in [0.25, 0.3) is 0 Å². The molecule has 1 aliphatic carbocycles. The van der Waals surface area contributed by atoms with Crippen LogP contribution in [0.2, 0.25) is 0 Å². The lowest BCUT2D eigenvalue weighted by molar-refractivity contribution is -0.0623. The van der Waals surface area contributed by atoms with Crippen molar-refractivity contribution in [3.05, 3.63) is 0 Å². The van der Waals surface area contributed by atoms with Crippen LogP contribution in [0.4, 0.5) is 0 Å². The molecule has 1 atom stereocenters. The van der Waals surface area contributed by atoms with Crippen molar-refractivity contribution in [2.45, 2.75) is 56.7 Å². The molecule has 0 aromatic heterocycles. The molecular weight excluding hydrogens is 268 g/mol. The van der Waals surface area contributed by atoms with Gasteiger partial charge in [0.15, 0.2) is 0 Å². The monoisotopic (exact) mass is 298 g/mol. The van der Waals surface area contributed by atoms with Gasteiger partial charge in [0.25, 0.3) is 0 Å². The minimum absolute atomic E-state index is 0.286. The van der Waals surface area contributed by atoms with Crippen molar-refractivity contribution in [3.8, 4) is 0 Å². The summed E-state index contributed by atoms with van der Waals surface area (Å²) in [7, 11) is 0. The fraction of sp³-hybridized carbons (Fsp3) is 1.00. The van der Waals surface area contributed by atoms with Gasteiger partial charge >= 0.3 is 0 Å². The second kappa shape index (κ2) is 7.48. The summed E-state index contributed by atoms with van der Waals surface area (Å²) in [6.07, 6.45) is 9.87. The van der Waals surface area contributed by atoms with E-state index in [9.17, 15) is 0 Å². The van der Waals surface area contributed by atoms with Gasteiger partial charge in [-0.15, -0.1) is 0 Å². The van der Waals surface area contributed by atoms with E-state index in [-0.39, 0.29) is 5.60 Å². The van der Waals surface area contributed by atoms with Gasteiger partial charge in [-0.05, 0) is 25.7 Å². The van der Waals surface area contributed by atoms with E-state index in [2.05, 4.69) is 22.0 Å². The molecule has 3 fully saturated rings. The number of nitrogens with zero attached hydrogens (tertiary/aromatic N) is 1. The summed E-state index contributed by atoms with van der Waals surface area (Å²) < 4.78 is 6.40. The minimum Gasteiger partial charge on any atom is -0.370 e. The number of ether oxygens (including phenoxy) is 1. The Hall–Kier alpha value is 0.230. The molecule has 3 rings (SSSR count). The predicted octanol–water partition coefficient (Wildman–Crippen LogP) is 2.51. The van der Waals surface area contributed by atoms with Crippen molar-refractivity contribution < 1.29 is 4.74 Å². The summed E-state index contributed by atoms with van der Waals surface area (Å²) in [5.41, 5.74) is 0.286. The predicted molar refractivity (Wildman–Crippen MR) is 86.6 cm³/mol. The highest BCUT2D eigenvalue weighted by atomic mass is 32.2. The molecule has 116 valence electrons. The molecule has 1 spiro atoms. The van der Waals surface area contributed by atoms with E-state index in [0.717, 1.165) is 13.1 Å². The average molecular weight is 298 g/mol. The molecular formula is C16H30N2OS. The third-order valence-corrected chi connectivity index (χ3v) is 6.13. The fourth-order valence-electron chi connectivity index (χ4n) is 3.93. The van der Waals surface area contributed by atoms with Crippen LogP contribution in [0.3, 0.4) is 0 Å². The molecule has 0 amide bonds. The fourth-order valence-corrected chi connectivity index (χ4v) is 4.91. The molecule has 0 aromatic rings. The van der Waals surface area contributed by atoms with Crippen LogP contribution in [-0.4, -0.2) is 60.8 Å². The minimum atomic E-state index is 0.286. The van der Waals surface area contributed by atoms with Gasteiger partial charge in [-0.25, -0.2) is 0 Å². The third-order valence-electron chi connectivity index (χ3n) is 5.18. The van der Waals surface area contributed by atoms with E-state index in [1.165, 1.54) is 76.1 Å². The van der Waals surface area contributed by atoms with Crippen molar-refractivity contribution >= 4 is 11.8 Å². The van der Waals surface area contributed by atoms with Crippen molar-refractivity contribution in [2.75, 3.05) is 44.2 Å². The zero-order valence-electron chi connectivity index (χ0n) is 12.7. The molecule has 1 saturated carbocycles. The Morgan fingerprint density at radius 3 is 2.70 bits per heavy atom. The number of rotatable bonds is 5. The van der Waals surface area contributed by atoms with Crippen LogP contribution in [-0.2, 0) is 4.74 Å². The first-order chi connectivity index (χ1) is 9.86. The highest BCUT2D eigenvalue weighted by Crippen LogP contribution is 2.41. The SMILES string of the molecule is C1CCC2(CC1)CCC(CNCCN1CCSCC1)O2.